The maximum atomic E-state index is 12.9. The van der Waals surface area contributed by atoms with Crippen LogP contribution in [0.1, 0.15) is 5.56 Å². The summed E-state index contributed by atoms with van der Waals surface area (Å²) in [4.78, 5) is 29.0. The minimum Gasteiger partial charge on any atom is -0.497 e. The molecule has 1 aromatic heterocycles. The van der Waals surface area contributed by atoms with E-state index in [0.717, 1.165) is 11.8 Å². The van der Waals surface area contributed by atoms with Crippen molar-refractivity contribution in [2.45, 2.75) is 0 Å². The van der Waals surface area contributed by atoms with Gasteiger partial charge in [0.25, 0.3) is 11.6 Å². The van der Waals surface area contributed by atoms with Gasteiger partial charge in [0.1, 0.15) is 17.7 Å². The molecule has 0 radical (unpaired) electrons. The first-order valence-electron chi connectivity index (χ1n) is 9.25. The number of hydrogen-bond donors (Lipinski definition) is 0. The number of methoxy groups -OCH3 is 1. The molecule has 0 saturated carbocycles. The van der Waals surface area contributed by atoms with Gasteiger partial charge in [-0.05, 0) is 48.0 Å². The minimum atomic E-state index is -0.525. The predicted molar refractivity (Wildman–Crippen MR) is 126 cm³/mol. The molecule has 2 heterocycles. The maximum Gasteiger partial charge on any atom is 0.287 e. The van der Waals surface area contributed by atoms with Crippen LogP contribution >= 0.6 is 24.0 Å². The number of nitro groups is 1. The summed E-state index contributed by atoms with van der Waals surface area (Å²) in [6.45, 7) is 0. The van der Waals surface area contributed by atoms with Gasteiger partial charge in [0.15, 0.2) is 4.32 Å². The monoisotopic (exact) mass is 465 g/mol. The molecule has 0 atom stereocenters. The van der Waals surface area contributed by atoms with Gasteiger partial charge in [-0.3, -0.25) is 19.8 Å². The molecule has 1 saturated heterocycles. The molecule has 0 N–H and O–H groups in total. The highest BCUT2D eigenvalue weighted by molar-refractivity contribution is 8.27. The number of carbonyl (C=O) groups excluding carboxylic acids is 1. The standard InChI is InChI=1S/C22H15N3O5S2/c1-29-17-9-4-15(5-10-17)24-21(26)19(32-22(24)31)12-14-2-7-18(8-3-14)30-20-11-6-16(13-23-20)25(27)28/h2-13H,1H3/b19-12+. The van der Waals surface area contributed by atoms with Crippen LogP contribution in [0.15, 0.2) is 71.8 Å². The number of rotatable bonds is 6. The predicted octanol–water partition coefficient (Wildman–Crippen LogP) is 5.20. The van der Waals surface area contributed by atoms with Crippen molar-refractivity contribution in [3.8, 4) is 17.4 Å². The number of aromatic nitrogens is 1. The molecule has 32 heavy (non-hydrogen) atoms. The molecule has 8 nitrogen and oxygen atoms in total. The van der Waals surface area contributed by atoms with E-state index >= 15 is 0 Å². The summed E-state index contributed by atoms with van der Waals surface area (Å²) in [6, 6.07) is 16.9. The van der Waals surface area contributed by atoms with E-state index in [-0.39, 0.29) is 17.5 Å². The zero-order valence-corrected chi connectivity index (χ0v) is 18.3. The Hall–Kier alpha value is -3.76. The smallest absolute Gasteiger partial charge is 0.287 e. The summed E-state index contributed by atoms with van der Waals surface area (Å²) in [5.74, 6) is 1.25. The van der Waals surface area contributed by atoms with Crippen LogP contribution in [-0.2, 0) is 4.79 Å². The van der Waals surface area contributed by atoms with Gasteiger partial charge in [0.2, 0.25) is 5.88 Å². The summed E-state index contributed by atoms with van der Waals surface area (Å²) in [7, 11) is 1.58. The molecule has 0 bridgehead atoms. The van der Waals surface area contributed by atoms with Gasteiger partial charge >= 0.3 is 0 Å². The van der Waals surface area contributed by atoms with E-state index < -0.39 is 4.92 Å². The summed E-state index contributed by atoms with van der Waals surface area (Å²) in [5.41, 5.74) is 1.36. The number of amides is 1. The lowest BCUT2D eigenvalue weighted by molar-refractivity contribution is -0.385. The van der Waals surface area contributed by atoms with Gasteiger partial charge in [-0.1, -0.05) is 36.1 Å². The molecule has 3 aromatic rings. The van der Waals surface area contributed by atoms with E-state index in [9.17, 15) is 14.9 Å². The topological polar surface area (TPSA) is 94.8 Å². The third kappa shape index (κ3) is 4.61. The van der Waals surface area contributed by atoms with Crippen molar-refractivity contribution in [3.63, 3.8) is 0 Å². The van der Waals surface area contributed by atoms with Crippen molar-refractivity contribution >= 4 is 51.7 Å². The first-order chi connectivity index (χ1) is 15.4. The van der Waals surface area contributed by atoms with E-state index in [1.165, 1.54) is 28.8 Å². The summed E-state index contributed by atoms with van der Waals surface area (Å²) in [6.07, 6.45) is 2.89. The third-order valence-corrected chi connectivity index (χ3v) is 5.76. The van der Waals surface area contributed by atoms with Gasteiger partial charge in [0.05, 0.1) is 22.6 Å². The Bertz CT molecular complexity index is 1210. The Morgan fingerprint density at radius 3 is 2.34 bits per heavy atom. The Labute approximate surface area is 192 Å². The van der Waals surface area contributed by atoms with E-state index in [1.54, 1.807) is 61.7 Å². The highest BCUT2D eigenvalue weighted by Crippen LogP contribution is 2.36. The van der Waals surface area contributed by atoms with Crippen LogP contribution in [0.3, 0.4) is 0 Å². The average Bonchev–Trinajstić information content (AvgIpc) is 3.08. The molecule has 1 amide bonds. The number of hydrogen-bond acceptors (Lipinski definition) is 8. The van der Waals surface area contributed by atoms with Crippen LogP contribution in [0, 0.1) is 10.1 Å². The fourth-order valence-corrected chi connectivity index (χ4v) is 4.17. The molecule has 0 aliphatic carbocycles. The van der Waals surface area contributed by atoms with Crippen LogP contribution in [0.2, 0.25) is 0 Å². The second kappa shape index (κ2) is 9.16. The Kier molecular flexibility index (Phi) is 6.15. The highest BCUT2D eigenvalue weighted by Gasteiger charge is 2.33. The lowest BCUT2D eigenvalue weighted by atomic mass is 10.2. The van der Waals surface area contributed by atoms with E-state index in [0.29, 0.717) is 26.4 Å². The molecule has 4 rings (SSSR count). The third-order valence-electron chi connectivity index (χ3n) is 4.46. The van der Waals surface area contributed by atoms with Crippen molar-refractivity contribution in [2.75, 3.05) is 12.0 Å². The fourth-order valence-electron chi connectivity index (χ4n) is 2.87. The van der Waals surface area contributed by atoms with E-state index in [4.69, 9.17) is 21.7 Å². The number of benzene rings is 2. The van der Waals surface area contributed by atoms with Crippen LogP contribution in [0.5, 0.6) is 17.4 Å². The van der Waals surface area contributed by atoms with Crippen molar-refractivity contribution in [2.24, 2.45) is 0 Å². The highest BCUT2D eigenvalue weighted by atomic mass is 32.2. The van der Waals surface area contributed by atoms with E-state index in [1.807, 2.05) is 0 Å². The lowest BCUT2D eigenvalue weighted by Crippen LogP contribution is -2.27. The Morgan fingerprint density at radius 1 is 1.06 bits per heavy atom. The largest absolute Gasteiger partial charge is 0.497 e. The molecule has 160 valence electrons. The first-order valence-corrected chi connectivity index (χ1v) is 10.5. The van der Waals surface area contributed by atoms with Gasteiger partial charge in [-0.2, -0.15) is 0 Å². The van der Waals surface area contributed by atoms with Crippen LogP contribution in [0.4, 0.5) is 11.4 Å². The fraction of sp³-hybridized carbons (Fsp3) is 0.0455. The summed E-state index contributed by atoms with van der Waals surface area (Å²) in [5, 5.41) is 10.7. The van der Waals surface area contributed by atoms with Crippen LogP contribution in [0.25, 0.3) is 6.08 Å². The molecule has 2 aromatic carbocycles. The molecule has 1 fully saturated rings. The number of carbonyl (C=O) groups is 1. The number of thiocarbonyl (C=S) groups is 1. The first kappa shape index (κ1) is 21.5. The van der Waals surface area contributed by atoms with Crippen LogP contribution < -0.4 is 14.4 Å². The Morgan fingerprint density at radius 2 is 1.75 bits per heavy atom. The van der Waals surface area contributed by atoms with Crippen molar-refractivity contribution < 1.29 is 19.2 Å². The zero-order chi connectivity index (χ0) is 22.7. The van der Waals surface area contributed by atoms with Crippen molar-refractivity contribution in [3.05, 3.63) is 87.4 Å². The number of ether oxygens (including phenoxy) is 2. The average molecular weight is 466 g/mol. The summed E-state index contributed by atoms with van der Waals surface area (Å²) >= 11 is 6.63. The molecule has 1 aliphatic rings. The van der Waals surface area contributed by atoms with Gasteiger partial charge in [-0.25, -0.2) is 4.98 Å². The van der Waals surface area contributed by atoms with Gasteiger partial charge in [-0.15, -0.1) is 0 Å². The molecule has 0 unspecified atom stereocenters. The lowest BCUT2D eigenvalue weighted by Gasteiger charge is -2.14. The Balaban J connectivity index is 1.47. The molecule has 10 heteroatoms. The summed E-state index contributed by atoms with van der Waals surface area (Å²) < 4.78 is 11.2. The number of anilines is 1. The van der Waals surface area contributed by atoms with Crippen molar-refractivity contribution in [1.82, 2.24) is 4.98 Å². The van der Waals surface area contributed by atoms with Crippen molar-refractivity contribution in [1.29, 1.82) is 0 Å². The maximum absolute atomic E-state index is 12.9. The zero-order valence-electron chi connectivity index (χ0n) is 16.6. The van der Waals surface area contributed by atoms with Gasteiger partial charge < -0.3 is 9.47 Å². The number of thioether (sulfide) groups is 1. The normalized spacial score (nSPS) is 14.7. The molecule has 0 spiro atoms. The van der Waals surface area contributed by atoms with Crippen LogP contribution in [-0.4, -0.2) is 27.2 Å². The molecular weight excluding hydrogens is 450 g/mol. The SMILES string of the molecule is COc1ccc(N2C(=O)/C(=C\c3ccc(Oc4ccc([N+](=O)[O-])cn4)cc3)SC2=S)cc1. The molecular formula is C22H15N3O5S2. The number of nitrogens with zero attached hydrogens (tertiary/aromatic N) is 3. The number of pyridine rings is 1. The minimum absolute atomic E-state index is 0.111. The quantitative estimate of drug-likeness (QED) is 0.212. The van der Waals surface area contributed by atoms with Gasteiger partial charge in [0, 0.05) is 12.1 Å². The second-order valence-electron chi connectivity index (χ2n) is 6.50. The van der Waals surface area contributed by atoms with E-state index in [2.05, 4.69) is 4.98 Å². The molecule has 1 aliphatic heterocycles. The second-order valence-corrected chi connectivity index (χ2v) is 8.17.